The number of nitrogens with one attached hydrogen (secondary N) is 2. The lowest BCUT2D eigenvalue weighted by Crippen LogP contribution is -2.45. The number of H-pyrrole nitrogens is 1. The number of amides is 1. The van der Waals surface area contributed by atoms with Crippen LogP contribution in [0.3, 0.4) is 0 Å². The van der Waals surface area contributed by atoms with Crippen LogP contribution in [-0.2, 0) is 0 Å². The summed E-state index contributed by atoms with van der Waals surface area (Å²) in [6.07, 6.45) is 0. The predicted molar refractivity (Wildman–Crippen MR) is 60.7 cm³/mol. The molecule has 1 aliphatic heterocycles. The minimum absolute atomic E-state index is 0.224. The van der Waals surface area contributed by atoms with E-state index >= 15 is 0 Å². The topological polar surface area (TPSA) is 91.2 Å². The van der Waals surface area contributed by atoms with E-state index in [-0.39, 0.29) is 5.56 Å². The first-order chi connectivity index (χ1) is 7.68. The zero-order valence-electron chi connectivity index (χ0n) is 8.82. The van der Waals surface area contributed by atoms with Crippen LogP contribution in [0.4, 0.5) is 5.82 Å². The van der Waals surface area contributed by atoms with Crippen LogP contribution in [0, 0.1) is 0 Å². The highest BCUT2D eigenvalue weighted by atomic mass is 16.1. The van der Waals surface area contributed by atoms with Crippen LogP contribution in [0.2, 0.25) is 0 Å². The predicted octanol–water partition coefficient (Wildman–Crippen LogP) is -1.12. The average Bonchev–Trinajstić information content (AvgIpc) is 2.29. The van der Waals surface area contributed by atoms with Gasteiger partial charge in [0.05, 0.1) is 5.56 Å². The van der Waals surface area contributed by atoms with E-state index in [1.165, 1.54) is 12.1 Å². The molecule has 0 radical (unpaired) electrons. The molecule has 1 aromatic rings. The fraction of sp³-hybridized carbons (Fsp3) is 0.400. The summed E-state index contributed by atoms with van der Waals surface area (Å²) in [5.74, 6) is 0.00582. The van der Waals surface area contributed by atoms with Crippen LogP contribution in [0.15, 0.2) is 16.9 Å². The molecule has 2 rings (SSSR count). The van der Waals surface area contributed by atoms with Gasteiger partial charge in [0.25, 0.3) is 5.91 Å². The van der Waals surface area contributed by atoms with Crippen molar-refractivity contribution in [1.82, 2.24) is 10.3 Å². The van der Waals surface area contributed by atoms with Crippen molar-refractivity contribution in [3.8, 4) is 0 Å². The molecule has 0 atom stereocenters. The molecule has 0 aliphatic carbocycles. The number of rotatable bonds is 2. The van der Waals surface area contributed by atoms with Gasteiger partial charge in [-0.1, -0.05) is 0 Å². The molecule has 16 heavy (non-hydrogen) atoms. The number of aromatic nitrogens is 1. The molecular formula is C10H14N4O2. The maximum absolute atomic E-state index is 11.3. The van der Waals surface area contributed by atoms with Gasteiger partial charge >= 0.3 is 0 Å². The number of aromatic amines is 1. The number of hydrogen-bond acceptors (Lipinski definition) is 4. The Labute approximate surface area is 92.4 Å². The monoisotopic (exact) mass is 222 g/mol. The molecule has 0 aromatic carbocycles. The number of carbonyl (C=O) groups excluding carboxylic acids is 1. The molecular weight excluding hydrogens is 208 g/mol. The third-order valence-corrected chi connectivity index (χ3v) is 2.60. The molecule has 1 fully saturated rings. The summed E-state index contributed by atoms with van der Waals surface area (Å²) in [5, 5.41) is 3.20. The van der Waals surface area contributed by atoms with Crippen molar-refractivity contribution >= 4 is 11.7 Å². The van der Waals surface area contributed by atoms with E-state index in [9.17, 15) is 9.59 Å². The fourth-order valence-electron chi connectivity index (χ4n) is 1.80. The number of piperazine rings is 1. The van der Waals surface area contributed by atoms with Crippen LogP contribution in [0.25, 0.3) is 0 Å². The molecule has 0 saturated carbocycles. The molecule has 4 N–H and O–H groups in total. The first-order valence-electron chi connectivity index (χ1n) is 5.17. The summed E-state index contributed by atoms with van der Waals surface area (Å²) < 4.78 is 0. The second-order valence-electron chi connectivity index (χ2n) is 3.69. The summed E-state index contributed by atoms with van der Waals surface area (Å²) >= 11 is 0. The normalized spacial score (nSPS) is 16.1. The van der Waals surface area contributed by atoms with E-state index in [1.807, 2.05) is 4.90 Å². The Bertz CT molecular complexity index is 448. The molecule has 6 nitrogen and oxygen atoms in total. The van der Waals surface area contributed by atoms with Crippen LogP contribution in [-0.4, -0.2) is 37.1 Å². The Hall–Kier alpha value is -1.82. The first kappa shape index (κ1) is 10.7. The van der Waals surface area contributed by atoms with Crippen LogP contribution in [0.1, 0.15) is 10.4 Å². The molecule has 86 valence electrons. The third-order valence-electron chi connectivity index (χ3n) is 2.60. The summed E-state index contributed by atoms with van der Waals surface area (Å²) in [6, 6.07) is 2.78. The van der Waals surface area contributed by atoms with E-state index in [4.69, 9.17) is 5.73 Å². The standard InChI is InChI=1S/C10H14N4O2/c11-9(16)7-1-2-8(15)13-10(7)14-5-3-12-4-6-14/h1-2,12H,3-6H2,(H2,11,16)(H,13,15). The van der Waals surface area contributed by atoms with Crippen molar-refractivity contribution in [3.63, 3.8) is 0 Å². The summed E-state index contributed by atoms with van der Waals surface area (Å²) in [4.78, 5) is 27.1. The second-order valence-corrected chi connectivity index (χ2v) is 3.69. The number of anilines is 1. The minimum Gasteiger partial charge on any atom is -0.365 e. The van der Waals surface area contributed by atoms with Crippen molar-refractivity contribution in [2.24, 2.45) is 5.73 Å². The zero-order chi connectivity index (χ0) is 11.5. The Morgan fingerprint density at radius 1 is 1.31 bits per heavy atom. The van der Waals surface area contributed by atoms with Gasteiger partial charge in [-0.25, -0.2) is 0 Å². The van der Waals surface area contributed by atoms with Crippen molar-refractivity contribution in [1.29, 1.82) is 0 Å². The fourth-order valence-corrected chi connectivity index (χ4v) is 1.80. The van der Waals surface area contributed by atoms with Crippen LogP contribution < -0.4 is 21.5 Å². The van der Waals surface area contributed by atoms with E-state index in [0.717, 1.165) is 26.2 Å². The molecule has 2 heterocycles. The van der Waals surface area contributed by atoms with Crippen LogP contribution >= 0.6 is 0 Å². The summed E-state index contributed by atoms with van der Waals surface area (Å²) in [6.45, 7) is 3.16. The van der Waals surface area contributed by atoms with Crippen molar-refractivity contribution in [2.45, 2.75) is 0 Å². The number of primary amides is 1. The molecule has 0 spiro atoms. The molecule has 0 unspecified atom stereocenters. The first-order valence-corrected chi connectivity index (χ1v) is 5.17. The highest BCUT2D eigenvalue weighted by Gasteiger charge is 2.17. The molecule has 0 bridgehead atoms. The number of hydrogen-bond donors (Lipinski definition) is 3. The number of nitrogens with zero attached hydrogens (tertiary/aromatic N) is 1. The summed E-state index contributed by atoms with van der Waals surface area (Å²) in [5.41, 5.74) is 5.41. The van der Waals surface area contributed by atoms with E-state index in [0.29, 0.717) is 11.4 Å². The molecule has 1 aliphatic rings. The van der Waals surface area contributed by atoms with E-state index in [2.05, 4.69) is 10.3 Å². The van der Waals surface area contributed by atoms with Gasteiger partial charge in [-0.05, 0) is 6.07 Å². The van der Waals surface area contributed by atoms with Gasteiger partial charge < -0.3 is 20.9 Å². The number of nitrogens with two attached hydrogens (primary N) is 1. The minimum atomic E-state index is -0.523. The van der Waals surface area contributed by atoms with Crippen molar-refractivity contribution < 1.29 is 4.79 Å². The third kappa shape index (κ3) is 2.06. The SMILES string of the molecule is NC(=O)c1ccc(=O)[nH]c1N1CCNCC1. The van der Waals surface area contributed by atoms with Crippen molar-refractivity contribution in [2.75, 3.05) is 31.1 Å². The highest BCUT2D eigenvalue weighted by molar-refractivity contribution is 5.97. The maximum atomic E-state index is 11.3. The Kier molecular flexibility index (Phi) is 2.91. The van der Waals surface area contributed by atoms with Gasteiger partial charge in [0.15, 0.2) is 0 Å². The Morgan fingerprint density at radius 3 is 2.62 bits per heavy atom. The highest BCUT2D eigenvalue weighted by Crippen LogP contribution is 2.15. The maximum Gasteiger partial charge on any atom is 0.252 e. The number of carbonyl (C=O) groups is 1. The van der Waals surface area contributed by atoms with Gasteiger partial charge in [0.1, 0.15) is 5.82 Å². The Balaban J connectivity index is 2.40. The average molecular weight is 222 g/mol. The lowest BCUT2D eigenvalue weighted by Gasteiger charge is -2.29. The molecule has 1 saturated heterocycles. The molecule has 6 heteroatoms. The van der Waals surface area contributed by atoms with Gasteiger partial charge in [0, 0.05) is 32.2 Å². The lowest BCUT2D eigenvalue weighted by molar-refractivity contribution is 0.100. The summed E-state index contributed by atoms with van der Waals surface area (Å²) in [7, 11) is 0. The van der Waals surface area contributed by atoms with Gasteiger partial charge in [0.2, 0.25) is 5.56 Å². The van der Waals surface area contributed by atoms with E-state index < -0.39 is 5.91 Å². The van der Waals surface area contributed by atoms with E-state index in [1.54, 1.807) is 0 Å². The quantitative estimate of drug-likeness (QED) is 0.591. The van der Waals surface area contributed by atoms with Crippen LogP contribution in [0.5, 0.6) is 0 Å². The van der Waals surface area contributed by atoms with Gasteiger partial charge in [-0.2, -0.15) is 0 Å². The smallest absolute Gasteiger partial charge is 0.252 e. The largest absolute Gasteiger partial charge is 0.365 e. The lowest BCUT2D eigenvalue weighted by atomic mass is 10.2. The van der Waals surface area contributed by atoms with Gasteiger partial charge in [-0.15, -0.1) is 0 Å². The molecule has 1 aromatic heterocycles. The number of pyridine rings is 1. The second kappa shape index (κ2) is 4.36. The molecule has 1 amide bonds. The van der Waals surface area contributed by atoms with Crippen molar-refractivity contribution in [3.05, 3.63) is 28.0 Å². The zero-order valence-corrected chi connectivity index (χ0v) is 8.82. The Morgan fingerprint density at radius 2 is 2.00 bits per heavy atom. The van der Waals surface area contributed by atoms with Gasteiger partial charge in [-0.3, -0.25) is 9.59 Å².